The number of hydrogen-bond acceptors (Lipinski definition) is 5. The van der Waals surface area contributed by atoms with Gasteiger partial charge in [0.25, 0.3) is 0 Å². The minimum absolute atomic E-state index is 0.0645. The summed E-state index contributed by atoms with van der Waals surface area (Å²) < 4.78 is 16.2. The van der Waals surface area contributed by atoms with Crippen LogP contribution in [0.25, 0.3) is 0 Å². The van der Waals surface area contributed by atoms with Gasteiger partial charge in [0.15, 0.2) is 12.1 Å². The summed E-state index contributed by atoms with van der Waals surface area (Å²) in [7, 11) is 1.60. The van der Waals surface area contributed by atoms with Gasteiger partial charge in [0, 0.05) is 37.4 Å². The van der Waals surface area contributed by atoms with E-state index in [0.717, 1.165) is 31.7 Å². The maximum atomic E-state index is 12.4. The van der Waals surface area contributed by atoms with Gasteiger partial charge in [-0.1, -0.05) is 0 Å². The third-order valence-electron chi connectivity index (χ3n) is 5.13. The minimum Gasteiger partial charge on any atom is -0.497 e. The fraction of sp³-hybridized carbons (Fsp3) is 0.600. The molecule has 0 spiro atoms. The maximum absolute atomic E-state index is 12.4. The quantitative estimate of drug-likeness (QED) is 0.699. The molecule has 2 saturated heterocycles. The van der Waals surface area contributed by atoms with Gasteiger partial charge < -0.3 is 19.1 Å². The molecule has 142 valence electrons. The average Bonchev–Trinajstić information content (AvgIpc) is 3.23. The van der Waals surface area contributed by atoms with Gasteiger partial charge in [0.1, 0.15) is 5.75 Å². The summed E-state index contributed by atoms with van der Waals surface area (Å²) in [5.41, 5.74) is 0.663. The van der Waals surface area contributed by atoms with Gasteiger partial charge in [-0.05, 0) is 43.5 Å². The number of likely N-dealkylation sites (tertiary alicyclic amines) is 1. The monoisotopic (exact) mass is 361 g/mol. The number of hydrogen-bond donors (Lipinski definition) is 0. The molecule has 6 nitrogen and oxygen atoms in total. The summed E-state index contributed by atoms with van der Waals surface area (Å²) >= 11 is 0. The Morgan fingerprint density at radius 3 is 2.35 bits per heavy atom. The van der Waals surface area contributed by atoms with Crippen LogP contribution >= 0.6 is 0 Å². The van der Waals surface area contributed by atoms with E-state index >= 15 is 0 Å². The molecule has 3 rings (SSSR count). The van der Waals surface area contributed by atoms with E-state index in [9.17, 15) is 9.59 Å². The molecule has 0 atom stereocenters. The first-order chi connectivity index (χ1) is 12.7. The molecule has 2 heterocycles. The number of benzene rings is 1. The topological polar surface area (TPSA) is 65.1 Å². The summed E-state index contributed by atoms with van der Waals surface area (Å²) in [6.07, 6.45) is 3.14. The highest BCUT2D eigenvalue weighted by Gasteiger charge is 2.31. The number of amides is 1. The molecular formula is C20H27NO5. The molecule has 0 aliphatic carbocycles. The zero-order chi connectivity index (χ0) is 18.4. The van der Waals surface area contributed by atoms with E-state index in [1.54, 1.807) is 31.4 Å². The lowest BCUT2D eigenvalue weighted by atomic mass is 9.95. The average molecular weight is 361 g/mol. The summed E-state index contributed by atoms with van der Waals surface area (Å²) in [6.45, 7) is 2.84. The molecule has 0 aromatic heterocycles. The predicted octanol–water partition coefficient (Wildman–Crippen LogP) is 2.66. The van der Waals surface area contributed by atoms with Crippen molar-refractivity contribution in [2.24, 2.45) is 5.92 Å². The van der Waals surface area contributed by atoms with Crippen LogP contribution in [0.3, 0.4) is 0 Å². The molecule has 0 saturated carbocycles. The molecule has 2 fully saturated rings. The normalized spacial score (nSPS) is 18.9. The van der Waals surface area contributed by atoms with Crippen molar-refractivity contribution in [2.75, 3.05) is 33.4 Å². The Balaban J connectivity index is 1.36. The summed E-state index contributed by atoms with van der Waals surface area (Å²) in [6, 6.07) is 7.09. The fourth-order valence-corrected chi connectivity index (χ4v) is 3.55. The lowest BCUT2D eigenvalue weighted by Crippen LogP contribution is -2.41. The van der Waals surface area contributed by atoms with Crippen molar-refractivity contribution < 1.29 is 23.8 Å². The van der Waals surface area contributed by atoms with E-state index in [1.165, 1.54) is 0 Å². The summed E-state index contributed by atoms with van der Waals surface area (Å²) in [5, 5.41) is 0. The highest BCUT2D eigenvalue weighted by atomic mass is 16.7. The number of carbonyl (C=O) groups excluding carboxylic acids is 2. The number of methoxy groups -OCH3 is 1. The first-order valence-electron chi connectivity index (χ1n) is 9.35. The first kappa shape index (κ1) is 18.9. The lowest BCUT2D eigenvalue weighted by Gasteiger charge is -2.33. The summed E-state index contributed by atoms with van der Waals surface area (Å²) in [5.74, 6) is 1.32. The summed E-state index contributed by atoms with van der Waals surface area (Å²) in [4.78, 5) is 26.5. The third kappa shape index (κ3) is 4.83. The van der Waals surface area contributed by atoms with Gasteiger partial charge >= 0.3 is 0 Å². The van der Waals surface area contributed by atoms with Crippen LogP contribution in [0.5, 0.6) is 5.75 Å². The van der Waals surface area contributed by atoms with Gasteiger partial charge in [-0.3, -0.25) is 9.59 Å². The van der Waals surface area contributed by atoms with Gasteiger partial charge in [-0.15, -0.1) is 0 Å². The zero-order valence-electron chi connectivity index (χ0n) is 15.3. The molecule has 0 bridgehead atoms. The maximum Gasteiger partial charge on any atom is 0.222 e. The van der Waals surface area contributed by atoms with E-state index in [2.05, 4.69) is 0 Å². The van der Waals surface area contributed by atoms with Crippen molar-refractivity contribution in [2.45, 2.75) is 38.4 Å². The van der Waals surface area contributed by atoms with Crippen LogP contribution in [0, 0.1) is 5.92 Å². The molecule has 6 heteroatoms. The van der Waals surface area contributed by atoms with Crippen molar-refractivity contribution in [3.63, 3.8) is 0 Å². The van der Waals surface area contributed by atoms with Crippen LogP contribution in [0.15, 0.2) is 24.3 Å². The van der Waals surface area contributed by atoms with Gasteiger partial charge in [-0.25, -0.2) is 0 Å². The van der Waals surface area contributed by atoms with Crippen molar-refractivity contribution in [1.82, 2.24) is 4.90 Å². The zero-order valence-corrected chi connectivity index (χ0v) is 15.3. The Bertz CT molecular complexity index is 601. The number of rotatable bonds is 7. The van der Waals surface area contributed by atoms with Crippen molar-refractivity contribution in [3.05, 3.63) is 29.8 Å². The van der Waals surface area contributed by atoms with Gasteiger partial charge in [-0.2, -0.15) is 0 Å². The Morgan fingerprint density at radius 2 is 1.73 bits per heavy atom. The lowest BCUT2D eigenvalue weighted by molar-refractivity contribution is -0.136. The van der Waals surface area contributed by atoms with E-state index in [0.29, 0.717) is 44.0 Å². The third-order valence-corrected chi connectivity index (χ3v) is 5.13. The minimum atomic E-state index is -0.0885. The van der Waals surface area contributed by atoms with Crippen LogP contribution in [0.4, 0.5) is 0 Å². The van der Waals surface area contributed by atoms with Crippen molar-refractivity contribution in [1.29, 1.82) is 0 Å². The van der Waals surface area contributed by atoms with Gasteiger partial charge in [0.2, 0.25) is 5.91 Å². The second-order valence-electron chi connectivity index (χ2n) is 6.83. The second-order valence-corrected chi connectivity index (χ2v) is 6.83. The smallest absolute Gasteiger partial charge is 0.222 e. The number of Topliss-reactive ketones (excluding diaryl/α,β-unsaturated/α-hetero) is 1. The largest absolute Gasteiger partial charge is 0.497 e. The number of ketones is 1. The number of ether oxygens (including phenoxy) is 3. The predicted molar refractivity (Wildman–Crippen MR) is 96.2 cm³/mol. The van der Waals surface area contributed by atoms with E-state index in [1.807, 2.05) is 4.90 Å². The molecule has 2 aliphatic rings. The fourth-order valence-electron chi connectivity index (χ4n) is 3.55. The second kappa shape index (κ2) is 9.14. The molecule has 0 unspecified atom stereocenters. The van der Waals surface area contributed by atoms with E-state index < -0.39 is 0 Å². The highest BCUT2D eigenvalue weighted by Crippen LogP contribution is 2.26. The van der Waals surface area contributed by atoms with Crippen LogP contribution in [0.2, 0.25) is 0 Å². The van der Waals surface area contributed by atoms with E-state index in [4.69, 9.17) is 14.2 Å². The Labute approximate surface area is 154 Å². The molecule has 1 aromatic rings. The number of piperidine rings is 1. The molecule has 1 amide bonds. The molecular weight excluding hydrogens is 334 g/mol. The highest BCUT2D eigenvalue weighted by molar-refractivity contribution is 5.96. The van der Waals surface area contributed by atoms with Crippen LogP contribution in [0.1, 0.15) is 42.5 Å². The number of nitrogens with zero attached hydrogens (tertiary/aromatic N) is 1. The Morgan fingerprint density at radius 1 is 1.08 bits per heavy atom. The van der Waals surface area contributed by atoms with Crippen molar-refractivity contribution >= 4 is 11.7 Å². The molecule has 0 N–H and O–H groups in total. The van der Waals surface area contributed by atoms with Crippen molar-refractivity contribution in [3.8, 4) is 5.75 Å². The van der Waals surface area contributed by atoms with Crippen LogP contribution in [-0.2, 0) is 14.3 Å². The van der Waals surface area contributed by atoms with Crippen LogP contribution < -0.4 is 4.74 Å². The molecule has 1 aromatic carbocycles. The Hall–Kier alpha value is -1.92. The Kier molecular flexibility index (Phi) is 6.63. The molecule has 0 radical (unpaired) electrons. The van der Waals surface area contributed by atoms with Crippen LogP contribution in [-0.4, -0.2) is 56.3 Å². The first-order valence-corrected chi connectivity index (χ1v) is 9.35. The van der Waals surface area contributed by atoms with E-state index in [-0.39, 0.29) is 18.0 Å². The SMILES string of the molecule is COc1ccc(C(=O)CCCC(=O)N2CCC(C3OCCO3)CC2)cc1. The molecule has 2 aliphatic heterocycles. The number of carbonyl (C=O) groups is 2. The standard InChI is InChI=1S/C20H27NO5/c1-24-17-7-5-15(6-8-17)18(22)3-2-4-19(23)21-11-9-16(10-12-21)20-25-13-14-26-20/h5-8,16,20H,2-4,9-14H2,1H3. The molecule has 26 heavy (non-hydrogen) atoms. The van der Waals surface area contributed by atoms with Gasteiger partial charge in [0.05, 0.1) is 20.3 Å².